The largest absolute Gasteiger partial charge is 0.391 e. The number of quaternary nitrogens is 1. The first-order chi connectivity index (χ1) is 13.7. The SMILES string of the molecule is CCCCCCCC/C=C/CCCCCCCC[N+](CCO)(CCO)CCO. The summed E-state index contributed by atoms with van der Waals surface area (Å²) in [5.41, 5.74) is 0. The lowest BCUT2D eigenvalue weighted by atomic mass is 10.1. The molecule has 0 rings (SSSR count). The lowest BCUT2D eigenvalue weighted by Gasteiger charge is -2.37. The third-order valence-electron chi connectivity index (χ3n) is 5.87. The Hall–Kier alpha value is -0.420. The fourth-order valence-electron chi connectivity index (χ4n) is 4.00. The minimum absolute atomic E-state index is 0.117. The van der Waals surface area contributed by atoms with Crippen LogP contribution >= 0.6 is 0 Å². The summed E-state index contributed by atoms with van der Waals surface area (Å²) >= 11 is 0. The predicted octanol–water partition coefficient (Wildman–Crippen LogP) is 4.82. The van der Waals surface area contributed by atoms with Crippen molar-refractivity contribution in [2.75, 3.05) is 46.0 Å². The van der Waals surface area contributed by atoms with Crippen LogP contribution in [0.3, 0.4) is 0 Å². The van der Waals surface area contributed by atoms with Gasteiger partial charge in [0.25, 0.3) is 0 Å². The minimum atomic E-state index is 0.117. The van der Waals surface area contributed by atoms with Crippen LogP contribution in [0.5, 0.6) is 0 Å². The predicted molar refractivity (Wildman–Crippen MR) is 120 cm³/mol. The second kappa shape index (κ2) is 21.3. The van der Waals surface area contributed by atoms with Gasteiger partial charge in [0.15, 0.2) is 0 Å². The van der Waals surface area contributed by atoms with Gasteiger partial charge in [0.05, 0.1) is 26.4 Å². The molecule has 4 nitrogen and oxygen atoms in total. The summed E-state index contributed by atoms with van der Waals surface area (Å²) in [6, 6.07) is 0. The molecule has 4 heteroatoms. The third kappa shape index (κ3) is 16.5. The summed E-state index contributed by atoms with van der Waals surface area (Å²) < 4.78 is 0.646. The number of allylic oxidation sites excluding steroid dienone is 2. The number of hydrogen-bond acceptors (Lipinski definition) is 3. The molecule has 0 saturated carbocycles. The van der Waals surface area contributed by atoms with Gasteiger partial charge in [-0.15, -0.1) is 0 Å². The molecular formula is C24H50NO3+. The van der Waals surface area contributed by atoms with Gasteiger partial charge in [0.2, 0.25) is 0 Å². The van der Waals surface area contributed by atoms with Crippen LogP contribution in [-0.2, 0) is 0 Å². The first-order valence-corrected chi connectivity index (χ1v) is 12.1. The van der Waals surface area contributed by atoms with Gasteiger partial charge in [0, 0.05) is 0 Å². The second-order valence-corrected chi connectivity index (χ2v) is 8.34. The van der Waals surface area contributed by atoms with Crippen molar-refractivity contribution in [3.8, 4) is 0 Å². The van der Waals surface area contributed by atoms with E-state index < -0.39 is 0 Å². The molecule has 168 valence electrons. The zero-order chi connectivity index (χ0) is 20.8. The number of hydrogen-bond donors (Lipinski definition) is 3. The van der Waals surface area contributed by atoms with Crippen LogP contribution in [-0.4, -0.2) is 65.8 Å². The van der Waals surface area contributed by atoms with Crippen LogP contribution in [0.2, 0.25) is 0 Å². The third-order valence-corrected chi connectivity index (χ3v) is 5.87. The van der Waals surface area contributed by atoms with Crippen LogP contribution < -0.4 is 0 Å². The summed E-state index contributed by atoms with van der Waals surface area (Å²) in [4.78, 5) is 0. The molecule has 0 aromatic carbocycles. The van der Waals surface area contributed by atoms with Crippen LogP contribution in [0, 0.1) is 0 Å². The van der Waals surface area contributed by atoms with Crippen molar-refractivity contribution in [3.05, 3.63) is 12.2 Å². The van der Waals surface area contributed by atoms with Crippen molar-refractivity contribution in [2.24, 2.45) is 0 Å². The van der Waals surface area contributed by atoms with Gasteiger partial charge >= 0.3 is 0 Å². The van der Waals surface area contributed by atoms with Gasteiger partial charge in [-0.2, -0.15) is 0 Å². The summed E-state index contributed by atoms with van der Waals surface area (Å²) in [7, 11) is 0. The molecular weight excluding hydrogens is 350 g/mol. The van der Waals surface area contributed by atoms with Gasteiger partial charge in [0.1, 0.15) is 19.6 Å². The molecule has 0 amide bonds. The molecule has 3 N–H and O–H groups in total. The summed E-state index contributed by atoms with van der Waals surface area (Å²) in [5, 5.41) is 27.9. The highest BCUT2D eigenvalue weighted by atomic mass is 16.3. The fourth-order valence-corrected chi connectivity index (χ4v) is 4.00. The van der Waals surface area contributed by atoms with E-state index in [0.29, 0.717) is 24.1 Å². The Morgan fingerprint density at radius 3 is 1.32 bits per heavy atom. The van der Waals surface area contributed by atoms with Gasteiger partial charge < -0.3 is 19.8 Å². The second-order valence-electron chi connectivity index (χ2n) is 8.34. The monoisotopic (exact) mass is 400 g/mol. The topological polar surface area (TPSA) is 60.7 Å². The Morgan fingerprint density at radius 2 is 0.893 bits per heavy atom. The maximum atomic E-state index is 9.31. The fraction of sp³-hybridized carbons (Fsp3) is 0.917. The Bertz CT molecular complexity index is 317. The molecule has 0 bridgehead atoms. The Morgan fingerprint density at radius 1 is 0.500 bits per heavy atom. The smallest absolute Gasteiger partial charge is 0.102 e. The molecule has 0 spiro atoms. The van der Waals surface area contributed by atoms with E-state index >= 15 is 0 Å². The van der Waals surface area contributed by atoms with Gasteiger partial charge in [-0.25, -0.2) is 0 Å². The van der Waals surface area contributed by atoms with Crippen LogP contribution in [0.25, 0.3) is 0 Å². The van der Waals surface area contributed by atoms with Crippen molar-refractivity contribution in [3.63, 3.8) is 0 Å². The Balaban J connectivity index is 3.56. The standard InChI is InChI=1S/C24H50NO3/c1-2-3-4-5-6-7-8-9-10-11-12-13-14-15-16-17-18-25(19-22-26,20-23-27)21-24-28/h9-10,26-28H,2-8,11-24H2,1H3/q+1/b10-9+. The average Bonchev–Trinajstić information content (AvgIpc) is 2.68. The molecule has 0 heterocycles. The lowest BCUT2D eigenvalue weighted by molar-refractivity contribution is -0.929. The van der Waals surface area contributed by atoms with Crippen molar-refractivity contribution in [1.82, 2.24) is 0 Å². The molecule has 0 aromatic rings. The molecule has 0 saturated heterocycles. The zero-order valence-corrected chi connectivity index (χ0v) is 18.8. The van der Waals surface area contributed by atoms with E-state index in [-0.39, 0.29) is 19.8 Å². The Labute approximate surface area is 175 Å². The molecule has 0 aliphatic carbocycles. The quantitative estimate of drug-likeness (QED) is 0.139. The molecule has 0 atom stereocenters. The summed E-state index contributed by atoms with van der Waals surface area (Å²) in [6.45, 7) is 5.46. The normalized spacial score (nSPS) is 12.3. The number of unbranched alkanes of at least 4 members (excludes halogenated alkanes) is 12. The Kier molecular flexibility index (Phi) is 21.0. The average molecular weight is 401 g/mol. The van der Waals surface area contributed by atoms with Crippen LogP contribution in [0.4, 0.5) is 0 Å². The van der Waals surface area contributed by atoms with Gasteiger partial charge in [-0.05, 0) is 38.5 Å². The van der Waals surface area contributed by atoms with E-state index in [9.17, 15) is 15.3 Å². The van der Waals surface area contributed by atoms with E-state index in [1.807, 2.05) is 0 Å². The van der Waals surface area contributed by atoms with E-state index in [2.05, 4.69) is 19.1 Å². The molecule has 0 fully saturated rings. The number of aliphatic hydroxyl groups excluding tert-OH is 3. The van der Waals surface area contributed by atoms with Crippen LogP contribution in [0.15, 0.2) is 12.2 Å². The van der Waals surface area contributed by atoms with Crippen molar-refractivity contribution < 1.29 is 19.8 Å². The molecule has 0 radical (unpaired) electrons. The van der Waals surface area contributed by atoms with E-state index in [4.69, 9.17) is 0 Å². The van der Waals surface area contributed by atoms with Crippen LogP contribution in [0.1, 0.15) is 96.8 Å². The number of rotatable bonds is 22. The highest BCUT2D eigenvalue weighted by Crippen LogP contribution is 2.13. The highest BCUT2D eigenvalue weighted by molar-refractivity contribution is 4.81. The maximum absolute atomic E-state index is 9.31. The van der Waals surface area contributed by atoms with Crippen molar-refractivity contribution >= 4 is 0 Å². The summed E-state index contributed by atoms with van der Waals surface area (Å²) in [6.07, 6.45) is 23.0. The molecule has 0 aliphatic rings. The van der Waals surface area contributed by atoms with Gasteiger partial charge in [-0.3, -0.25) is 0 Å². The molecule has 28 heavy (non-hydrogen) atoms. The lowest BCUT2D eigenvalue weighted by Crippen LogP contribution is -2.53. The highest BCUT2D eigenvalue weighted by Gasteiger charge is 2.25. The van der Waals surface area contributed by atoms with Crippen molar-refractivity contribution in [2.45, 2.75) is 96.8 Å². The minimum Gasteiger partial charge on any atom is -0.391 e. The van der Waals surface area contributed by atoms with Crippen molar-refractivity contribution in [1.29, 1.82) is 0 Å². The first-order valence-electron chi connectivity index (χ1n) is 12.1. The maximum Gasteiger partial charge on any atom is 0.102 e. The zero-order valence-electron chi connectivity index (χ0n) is 18.8. The molecule has 0 unspecified atom stereocenters. The number of nitrogens with zero attached hydrogens (tertiary/aromatic N) is 1. The molecule has 0 aromatic heterocycles. The molecule has 0 aliphatic heterocycles. The summed E-state index contributed by atoms with van der Waals surface area (Å²) in [5.74, 6) is 0. The van der Waals surface area contributed by atoms with E-state index in [0.717, 1.165) is 13.0 Å². The number of aliphatic hydroxyl groups is 3. The van der Waals surface area contributed by atoms with E-state index in [1.54, 1.807) is 0 Å². The first kappa shape index (κ1) is 27.6. The van der Waals surface area contributed by atoms with Gasteiger partial charge in [-0.1, -0.05) is 70.4 Å². The van der Waals surface area contributed by atoms with E-state index in [1.165, 1.54) is 83.5 Å².